The van der Waals surface area contributed by atoms with E-state index in [-0.39, 0.29) is 12.1 Å². The molecule has 3 aromatic carbocycles. The average Bonchev–Trinajstić information content (AvgIpc) is 3.77. The molecule has 5 rings (SSSR count). The topological polar surface area (TPSA) is 150 Å². The summed E-state index contributed by atoms with van der Waals surface area (Å²) in [7, 11) is 3.20. The number of likely N-dealkylation sites (N-methyl/N-ethyl adjacent to an activating group) is 1. The average molecular weight is 689 g/mol. The Kier molecular flexibility index (Phi) is 12.6. The third-order valence-electron chi connectivity index (χ3n) is 8.85. The van der Waals surface area contributed by atoms with Crippen molar-refractivity contribution in [2.45, 2.75) is 39.3 Å². The number of aromatic nitrogens is 4. The lowest BCUT2D eigenvalue weighted by molar-refractivity contribution is -0.124. The van der Waals surface area contributed by atoms with Crippen LogP contribution in [0.15, 0.2) is 84.6 Å². The largest absolute Gasteiger partial charge is 0.497 e. The molecule has 2 aromatic heterocycles. The minimum Gasteiger partial charge on any atom is -0.497 e. The van der Waals surface area contributed by atoms with Crippen LogP contribution >= 0.6 is 0 Å². The van der Waals surface area contributed by atoms with Gasteiger partial charge in [-0.3, -0.25) is 9.59 Å². The number of ether oxygens (including phenoxy) is 2. The fraction of sp³-hybridized carbons (Fsp3) is 0.308. The van der Waals surface area contributed by atoms with Crippen LogP contribution in [0.1, 0.15) is 48.2 Å². The van der Waals surface area contributed by atoms with Gasteiger partial charge in [-0.15, -0.1) is 10.2 Å². The van der Waals surface area contributed by atoms with Crippen LogP contribution in [0.2, 0.25) is 0 Å². The molecule has 12 nitrogen and oxygen atoms in total. The molecule has 0 bridgehead atoms. The Morgan fingerprint density at radius 3 is 2.33 bits per heavy atom. The lowest BCUT2D eigenvalue weighted by Crippen LogP contribution is -2.40. The predicted octanol–water partition coefficient (Wildman–Crippen LogP) is 4.83. The Hall–Kier alpha value is -5.93. The van der Waals surface area contributed by atoms with Crippen LogP contribution in [0.5, 0.6) is 11.5 Å². The van der Waals surface area contributed by atoms with E-state index in [1.165, 1.54) is 6.08 Å². The zero-order valence-corrected chi connectivity index (χ0v) is 29.5. The van der Waals surface area contributed by atoms with Gasteiger partial charge in [-0.2, -0.15) is 5.26 Å². The van der Waals surface area contributed by atoms with Crippen LogP contribution in [-0.4, -0.2) is 76.9 Å². The van der Waals surface area contributed by atoms with Crippen molar-refractivity contribution in [3.05, 3.63) is 113 Å². The highest BCUT2D eigenvalue weighted by molar-refractivity contribution is 6.03. The van der Waals surface area contributed by atoms with Gasteiger partial charge in [0, 0.05) is 36.5 Å². The van der Waals surface area contributed by atoms with Gasteiger partial charge < -0.3 is 34.6 Å². The smallest absolute Gasteiger partial charge is 0.262 e. The molecule has 0 aliphatic heterocycles. The number of hydrogen-bond acceptors (Lipinski definition) is 8. The molecule has 51 heavy (non-hydrogen) atoms. The van der Waals surface area contributed by atoms with Crippen LogP contribution in [0.3, 0.4) is 0 Å². The van der Waals surface area contributed by atoms with E-state index < -0.39 is 17.9 Å². The molecule has 0 aliphatic rings. The number of hydrogen-bond donors (Lipinski definition) is 3. The predicted molar refractivity (Wildman–Crippen MR) is 196 cm³/mol. The molecule has 2 heterocycles. The van der Waals surface area contributed by atoms with E-state index in [4.69, 9.17) is 9.47 Å². The van der Waals surface area contributed by atoms with Crippen molar-refractivity contribution in [3.8, 4) is 17.6 Å². The molecular formula is C39H44N8O4. The number of carbonyl (C=O) groups is 2. The number of fused-ring (bicyclic) bond motifs is 1. The van der Waals surface area contributed by atoms with Crippen LogP contribution in [0.4, 0.5) is 0 Å². The maximum Gasteiger partial charge on any atom is 0.262 e. The zero-order chi connectivity index (χ0) is 36.2. The van der Waals surface area contributed by atoms with Gasteiger partial charge in [-0.1, -0.05) is 56.3 Å². The highest BCUT2D eigenvalue weighted by Gasteiger charge is 2.25. The molecule has 0 saturated heterocycles. The molecule has 5 aromatic rings. The van der Waals surface area contributed by atoms with E-state index in [0.29, 0.717) is 36.5 Å². The van der Waals surface area contributed by atoms with Crippen LogP contribution < -0.4 is 20.1 Å². The van der Waals surface area contributed by atoms with E-state index in [2.05, 4.69) is 49.1 Å². The lowest BCUT2D eigenvalue weighted by atomic mass is 10.0. The van der Waals surface area contributed by atoms with E-state index >= 15 is 0 Å². The van der Waals surface area contributed by atoms with Crippen LogP contribution in [0, 0.1) is 11.3 Å². The van der Waals surface area contributed by atoms with E-state index in [9.17, 15) is 14.9 Å². The number of methoxy groups -OCH3 is 2. The summed E-state index contributed by atoms with van der Waals surface area (Å²) in [5, 5.41) is 25.8. The third-order valence-corrected chi connectivity index (χ3v) is 8.85. The molecular weight excluding hydrogens is 644 g/mol. The van der Waals surface area contributed by atoms with E-state index in [1.807, 2.05) is 60.8 Å². The summed E-state index contributed by atoms with van der Waals surface area (Å²) >= 11 is 0. The summed E-state index contributed by atoms with van der Waals surface area (Å²) in [4.78, 5) is 32.2. The first-order chi connectivity index (χ1) is 24.8. The number of nitriles is 1. The van der Waals surface area contributed by atoms with Crippen molar-refractivity contribution in [2.24, 2.45) is 0 Å². The molecule has 0 spiro atoms. The third kappa shape index (κ3) is 9.40. The number of nitrogens with one attached hydrogen (secondary N) is 3. The number of aromatic amines is 1. The maximum absolute atomic E-state index is 13.6. The Morgan fingerprint density at radius 1 is 0.980 bits per heavy atom. The Labute approximate surface area is 298 Å². The Morgan fingerprint density at radius 2 is 1.67 bits per heavy atom. The van der Waals surface area contributed by atoms with Gasteiger partial charge >= 0.3 is 0 Å². The molecule has 1 atom stereocenters. The summed E-state index contributed by atoms with van der Waals surface area (Å²) in [6.07, 6.45) is 4.50. The number of H-pyrrole nitrogens is 1. The molecule has 0 fully saturated rings. The van der Waals surface area contributed by atoms with Crippen molar-refractivity contribution in [1.29, 1.82) is 5.26 Å². The minimum absolute atomic E-state index is 0.125. The molecule has 0 unspecified atom stereocenters. The first kappa shape index (κ1) is 36.4. The summed E-state index contributed by atoms with van der Waals surface area (Å²) in [6.45, 7) is 7.07. The number of carbonyl (C=O) groups excluding carboxylic acids is 2. The van der Waals surface area contributed by atoms with Crippen LogP contribution in [0.25, 0.3) is 17.0 Å². The first-order valence-corrected chi connectivity index (χ1v) is 17.0. The van der Waals surface area contributed by atoms with Gasteiger partial charge in [0.15, 0.2) is 5.82 Å². The van der Waals surface area contributed by atoms with E-state index in [0.717, 1.165) is 53.2 Å². The standard InChI is InChI=1S/C39H44N8O4/c1-5-46(6-2)20-19-36-44-45-38(47(36)26-28-13-17-32(51-4)18-14-28)35(22-30-24-41-34-10-8-7-9-33(30)34)43-37(48)25-42-39(49)29(23-40)21-27-11-15-31(50-3)16-12-27/h7-18,21,24,35,41H,5-6,19-20,22,25-26H2,1-4H3,(H,42,49)(H,43,48)/b29-21+/t35-/m1/s1. The SMILES string of the molecule is CCN(CC)CCc1nnc([C@@H](Cc2c[nH]c3ccccc23)NC(=O)CNC(=O)/C(C#N)=C/c2ccc(OC)cc2)n1Cc1ccc(OC)cc1. The lowest BCUT2D eigenvalue weighted by Gasteiger charge is -2.21. The second-order valence-corrected chi connectivity index (χ2v) is 12.0. The van der Waals surface area contributed by atoms with Crippen molar-refractivity contribution < 1.29 is 19.1 Å². The van der Waals surface area contributed by atoms with Crippen molar-refractivity contribution >= 4 is 28.8 Å². The second-order valence-electron chi connectivity index (χ2n) is 12.0. The number of nitrogens with zero attached hydrogens (tertiary/aromatic N) is 5. The zero-order valence-electron chi connectivity index (χ0n) is 29.5. The normalized spacial score (nSPS) is 12.0. The van der Waals surface area contributed by atoms with E-state index in [1.54, 1.807) is 38.5 Å². The fourth-order valence-corrected chi connectivity index (χ4v) is 5.92. The quantitative estimate of drug-likeness (QED) is 0.0929. The van der Waals surface area contributed by atoms with Gasteiger partial charge in [-0.05, 0) is 66.2 Å². The van der Waals surface area contributed by atoms with Crippen molar-refractivity contribution in [3.63, 3.8) is 0 Å². The highest BCUT2D eigenvalue weighted by atomic mass is 16.5. The van der Waals surface area contributed by atoms with Crippen molar-refractivity contribution in [1.82, 2.24) is 35.3 Å². The van der Waals surface area contributed by atoms with Crippen LogP contribution in [-0.2, 0) is 29.0 Å². The number of benzene rings is 3. The van der Waals surface area contributed by atoms with Gasteiger partial charge in [0.1, 0.15) is 29.0 Å². The monoisotopic (exact) mass is 688 g/mol. The van der Waals surface area contributed by atoms with Gasteiger partial charge in [0.05, 0.1) is 33.4 Å². The molecule has 0 saturated carbocycles. The summed E-state index contributed by atoms with van der Waals surface area (Å²) in [5.74, 6) is 1.74. The van der Waals surface area contributed by atoms with Gasteiger partial charge in [-0.25, -0.2) is 0 Å². The number of rotatable bonds is 17. The van der Waals surface area contributed by atoms with Crippen molar-refractivity contribution in [2.75, 3.05) is 40.4 Å². The molecule has 0 radical (unpaired) electrons. The molecule has 3 N–H and O–H groups in total. The maximum atomic E-state index is 13.6. The summed E-state index contributed by atoms with van der Waals surface area (Å²) in [5.41, 5.74) is 3.53. The highest BCUT2D eigenvalue weighted by Crippen LogP contribution is 2.26. The molecule has 264 valence electrons. The Balaban J connectivity index is 1.42. The fourth-order valence-electron chi connectivity index (χ4n) is 5.92. The number of para-hydroxylation sites is 1. The molecule has 12 heteroatoms. The summed E-state index contributed by atoms with van der Waals surface area (Å²) in [6, 6.07) is 24.1. The Bertz CT molecular complexity index is 1990. The molecule has 0 aliphatic carbocycles. The van der Waals surface area contributed by atoms with Gasteiger partial charge in [0.2, 0.25) is 5.91 Å². The minimum atomic E-state index is -0.655. The van der Waals surface area contributed by atoms with Gasteiger partial charge in [0.25, 0.3) is 5.91 Å². The first-order valence-electron chi connectivity index (χ1n) is 17.0. The number of amides is 2. The summed E-state index contributed by atoms with van der Waals surface area (Å²) < 4.78 is 12.6. The second kappa shape index (κ2) is 17.6. The molecule has 2 amide bonds.